The molecule has 1 fully saturated rings. The van der Waals surface area contributed by atoms with Crippen LogP contribution >= 0.6 is 0 Å². The maximum Gasteiger partial charge on any atom is 0.410 e. The fraction of sp³-hybridized carbons (Fsp3) is 0.600. The molecule has 132 valence electrons. The Morgan fingerprint density at radius 2 is 2.17 bits per heavy atom. The van der Waals surface area contributed by atoms with E-state index in [1.54, 1.807) is 20.8 Å². The highest BCUT2D eigenvalue weighted by Crippen LogP contribution is 2.22. The largest absolute Gasteiger partial charge is 0.471 e. The predicted molar refractivity (Wildman–Crippen MR) is 82.6 cm³/mol. The van der Waals surface area contributed by atoms with Crippen molar-refractivity contribution in [1.82, 2.24) is 9.88 Å². The molecule has 0 radical (unpaired) electrons. The Kier molecular flexibility index (Phi) is 5.20. The lowest BCUT2D eigenvalue weighted by atomic mass is 10.1. The number of halogens is 1. The van der Waals surface area contributed by atoms with Gasteiger partial charge in [0.25, 0.3) is 5.69 Å². The van der Waals surface area contributed by atoms with E-state index in [-0.39, 0.29) is 24.5 Å². The monoisotopic (exact) mass is 341 g/mol. The van der Waals surface area contributed by atoms with Gasteiger partial charge >= 0.3 is 6.09 Å². The zero-order chi connectivity index (χ0) is 17.9. The van der Waals surface area contributed by atoms with Crippen molar-refractivity contribution in [3.05, 3.63) is 28.4 Å². The van der Waals surface area contributed by atoms with Gasteiger partial charge in [-0.05, 0) is 20.8 Å². The molecule has 24 heavy (non-hydrogen) atoms. The van der Waals surface area contributed by atoms with E-state index in [0.29, 0.717) is 6.54 Å². The van der Waals surface area contributed by atoms with Crippen molar-refractivity contribution in [2.45, 2.75) is 45.1 Å². The van der Waals surface area contributed by atoms with Gasteiger partial charge in [0.15, 0.2) is 6.17 Å². The lowest BCUT2D eigenvalue weighted by Gasteiger charge is -2.35. The molecular weight excluding hydrogens is 321 g/mol. The van der Waals surface area contributed by atoms with Crippen molar-refractivity contribution in [1.29, 1.82) is 0 Å². The Balaban J connectivity index is 1.91. The van der Waals surface area contributed by atoms with E-state index in [0.717, 1.165) is 6.20 Å². The smallest absolute Gasteiger partial charge is 0.410 e. The molecule has 0 aliphatic carbocycles. The molecule has 2 rings (SSSR count). The summed E-state index contributed by atoms with van der Waals surface area (Å²) in [7, 11) is 0. The molecule has 9 heteroatoms. The molecular formula is C15H20FN3O5. The Bertz CT molecular complexity index is 602. The standard InChI is InChI=1S/C15H20FN3O5/c1-15(2,3)24-14(20)18-7-6-12(11(16)9-18)23-13-5-4-10(8-17-13)19(21)22/h4-5,8,11-12H,6-7,9H2,1-3H3/t11-,12+/m1/s1. The second kappa shape index (κ2) is 6.98. The molecule has 1 aromatic heterocycles. The van der Waals surface area contributed by atoms with E-state index < -0.39 is 28.9 Å². The van der Waals surface area contributed by atoms with Gasteiger partial charge in [-0.2, -0.15) is 0 Å². The van der Waals surface area contributed by atoms with Crippen molar-refractivity contribution >= 4 is 11.8 Å². The summed E-state index contributed by atoms with van der Waals surface area (Å²) in [6.45, 7) is 5.40. The van der Waals surface area contributed by atoms with Crippen LogP contribution in [0.3, 0.4) is 0 Å². The zero-order valence-electron chi connectivity index (χ0n) is 13.8. The third-order valence-corrected chi connectivity index (χ3v) is 3.34. The third-order valence-electron chi connectivity index (χ3n) is 3.34. The molecule has 0 unspecified atom stereocenters. The number of amides is 1. The van der Waals surface area contributed by atoms with Crippen LogP contribution in [0.25, 0.3) is 0 Å². The van der Waals surface area contributed by atoms with Crippen molar-refractivity contribution in [3.63, 3.8) is 0 Å². The molecule has 0 bridgehead atoms. The molecule has 1 saturated heterocycles. The number of carbonyl (C=O) groups excluding carboxylic acids is 1. The number of nitrogens with zero attached hydrogens (tertiary/aromatic N) is 3. The number of carbonyl (C=O) groups is 1. The van der Waals surface area contributed by atoms with Gasteiger partial charge in [0, 0.05) is 25.1 Å². The molecule has 1 aliphatic rings. The van der Waals surface area contributed by atoms with Crippen LogP contribution in [0.2, 0.25) is 0 Å². The van der Waals surface area contributed by atoms with E-state index in [4.69, 9.17) is 9.47 Å². The highest BCUT2D eigenvalue weighted by molar-refractivity contribution is 5.68. The zero-order valence-corrected chi connectivity index (χ0v) is 13.8. The quantitative estimate of drug-likeness (QED) is 0.620. The Labute approximate surface area is 138 Å². The van der Waals surface area contributed by atoms with Crippen molar-refractivity contribution in [2.75, 3.05) is 13.1 Å². The average molecular weight is 341 g/mol. The number of pyridine rings is 1. The Hall–Kier alpha value is -2.45. The lowest BCUT2D eigenvalue weighted by molar-refractivity contribution is -0.385. The van der Waals surface area contributed by atoms with E-state index in [1.165, 1.54) is 17.0 Å². The predicted octanol–water partition coefficient (Wildman–Crippen LogP) is 2.72. The molecule has 0 spiro atoms. The van der Waals surface area contributed by atoms with Gasteiger partial charge in [0.05, 0.1) is 11.5 Å². The van der Waals surface area contributed by atoms with Gasteiger partial charge in [-0.25, -0.2) is 14.2 Å². The van der Waals surface area contributed by atoms with Gasteiger partial charge in [-0.15, -0.1) is 0 Å². The van der Waals surface area contributed by atoms with Gasteiger partial charge < -0.3 is 14.4 Å². The molecule has 2 heterocycles. The van der Waals surface area contributed by atoms with Gasteiger partial charge in [0.2, 0.25) is 5.88 Å². The Morgan fingerprint density at radius 1 is 1.46 bits per heavy atom. The number of alkyl halides is 1. The first-order valence-corrected chi connectivity index (χ1v) is 7.55. The molecule has 0 aromatic carbocycles. The number of likely N-dealkylation sites (tertiary alicyclic amines) is 1. The van der Waals surface area contributed by atoms with Crippen molar-refractivity contribution in [3.8, 4) is 5.88 Å². The maximum atomic E-state index is 14.3. The molecule has 8 nitrogen and oxygen atoms in total. The number of aromatic nitrogens is 1. The summed E-state index contributed by atoms with van der Waals surface area (Å²) < 4.78 is 24.9. The summed E-state index contributed by atoms with van der Waals surface area (Å²) in [5.41, 5.74) is -0.808. The molecule has 1 aliphatic heterocycles. The second-order valence-corrected chi connectivity index (χ2v) is 6.50. The highest BCUT2D eigenvalue weighted by atomic mass is 19.1. The highest BCUT2D eigenvalue weighted by Gasteiger charge is 2.35. The van der Waals surface area contributed by atoms with Crippen molar-refractivity contribution < 1.29 is 23.6 Å². The molecule has 0 saturated carbocycles. The molecule has 2 atom stereocenters. The number of hydrogen-bond donors (Lipinski definition) is 0. The number of hydrogen-bond acceptors (Lipinski definition) is 6. The Morgan fingerprint density at radius 3 is 2.67 bits per heavy atom. The normalized spacial score (nSPS) is 21.2. The SMILES string of the molecule is CC(C)(C)OC(=O)N1CC[C@H](Oc2ccc([N+](=O)[O-])cn2)[C@H](F)C1. The minimum Gasteiger partial charge on any atom is -0.471 e. The van der Waals surface area contributed by atoms with Crippen LogP contribution in [0.15, 0.2) is 18.3 Å². The first-order valence-electron chi connectivity index (χ1n) is 7.55. The fourth-order valence-electron chi connectivity index (χ4n) is 2.21. The van der Waals surface area contributed by atoms with Crippen molar-refractivity contribution in [2.24, 2.45) is 0 Å². The number of rotatable bonds is 3. The van der Waals surface area contributed by atoms with E-state index in [2.05, 4.69) is 4.98 Å². The van der Waals surface area contributed by atoms with Crippen LogP contribution in [-0.4, -0.2) is 51.9 Å². The summed E-state index contributed by atoms with van der Waals surface area (Å²) >= 11 is 0. The average Bonchev–Trinajstić information content (AvgIpc) is 2.48. The van der Waals surface area contributed by atoms with Gasteiger partial charge in [-0.3, -0.25) is 10.1 Å². The van der Waals surface area contributed by atoms with Gasteiger partial charge in [0.1, 0.15) is 17.9 Å². The van der Waals surface area contributed by atoms with Crippen LogP contribution < -0.4 is 4.74 Å². The minimum absolute atomic E-state index is 0.110. The lowest BCUT2D eigenvalue weighted by Crippen LogP contribution is -2.50. The number of ether oxygens (including phenoxy) is 2. The van der Waals surface area contributed by atoms with Crippen LogP contribution in [0.5, 0.6) is 5.88 Å². The fourth-order valence-corrected chi connectivity index (χ4v) is 2.21. The molecule has 0 N–H and O–H groups in total. The summed E-state index contributed by atoms with van der Waals surface area (Å²) in [5.74, 6) is 0.110. The maximum absolute atomic E-state index is 14.3. The van der Waals surface area contributed by atoms with Gasteiger partial charge in [-0.1, -0.05) is 0 Å². The second-order valence-electron chi connectivity index (χ2n) is 6.50. The summed E-state index contributed by atoms with van der Waals surface area (Å²) in [6.07, 6.45) is -1.39. The first kappa shape index (κ1) is 17.9. The molecule has 1 aromatic rings. The summed E-state index contributed by atoms with van der Waals surface area (Å²) in [6, 6.07) is 2.57. The minimum atomic E-state index is -1.40. The van der Waals surface area contributed by atoms with Crippen LogP contribution in [0.4, 0.5) is 14.9 Å². The van der Waals surface area contributed by atoms with Crippen LogP contribution in [-0.2, 0) is 4.74 Å². The number of nitro groups is 1. The topological polar surface area (TPSA) is 94.8 Å². The molecule has 1 amide bonds. The third kappa shape index (κ3) is 4.77. The van der Waals surface area contributed by atoms with E-state index in [1.807, 2.05) is 0 Å². The van der Waals surface area contributed by atoms with E-state index >= 15 is 0 Å². The number of piperidine rings is 1. The van der Waals surface area contributed by atoms with Crippen LogP contribution in [0, 0.1) is 10.1 Å². The van der Waals surface area contributed by atoms with E-state index in [9.17, 15) is 19.3 Å². The summed E-state index contributed by atoms with van der Waals surface area (Å²) in [4.78, 5) is 27.0. The van der Waals surface area contributed by atoms with Crippen LogP contribution in [0.1, 0.15) is 27.2 Å². The first-order chi connectivity index (χ1) is 11.2. The summed E-state index contributed by atoms with van der Waals surface area (Å²) in [5, 5.41) is 10.6.